The summed E-state index contributed by atoms with van der Waals surface area (Å²) in [4.78, 5) is 0. The van der Waals surface area contributed by atoms with Crippen LogP contribution in [-0.2, 0) is 33.2 Å². The van der Waals surface area contributed by atoms with Gasteiger partial charge in [-0.2, -0.15) is 0 Å². The number of aliphatic hydroxyl groups is 14. The summed E-state index contributed by atoms with van der Waals surface area (Å²) < 4.78 is 37.9. The van der Waals surface area contributed by atoms with Crippen molar-refractivity contribution in [3.05, 3.63) is 0 Å². The summed E-state index contributed by atoms with van der Waals surface area (Å²) in [5.74, 6) is 0. The van der Waals surface area contributed by atoms with Gasteiger partial charge in [-0.25, -0.2) is 0 Å². The number of rotatable bonds is 10. The Morgan fingerprint density at radius 2 is 0.778 bits per heavy atom. The number of ether oxygens (including phenoxy) is 7. The molecule has 264 valence electrons. The molecular formula is C24H42O21. The molecule has 0 aromatic carbocycles. The van der Waals surface area contributed by atoms with Crippen LogP contribution in [0, 0.1) is 0 Å². The Labute approximate surface area is 254 Å². The SMILES string of the molecule is OC[C@H]1O[C@H](OC[C@H]2O[C@H](OC[C@H]3O[C@H](O)[C@@H](O)[C@@H](O)[C@@H]3O)[C@@H](O[C@H]3O[C@H](CO)[C@@H](O)[C@H](O)[C@@H]3O)[C@@H](O)[C@@H]2O)[C@@H](O)[C@@H](O)[C@@H]1O. The Balaban J connectivity index is 1.50. The van der Waals surface area contributed by atoms with Gasteiger partial charge in [0.25, 0.3) is 0 Å². The summed E-state index contributed by atoms with van der Waals surface area (Å²) in [6, 6.07) is 0. The summed E-state index contributed by atoms with van der Waals surface area (Å²) in [6.45, 7) is -2.99. The van der Waals surface area contributed by atoms with E-state index < -0.39 is 149 Å². The van der Waals surface area contributed by atoms with E-state index in [1.807, 2.05) is 0 Å². The van der Waals surface area contributed by atoms with Gasteiger partial charge in [-0.1, -0.05) is 0 Å². The van der Waals surface area contributed by atoms with Gasteiger partial charge >= 0.3 is 0 Å². The third-order valence-corrected chi connectivity index (χ3v) is 8.17. The van der Waals surface area contributed by atoms with Crippen LogP contribution in [0.5, 0.6) is 0 Å². The zero-order valence-electron chi connectivity index (χ0n) is 23.5. The van der Waals surface area contributed by atoms with Gasteiger partial charge in [0, 0.05) is 0 Å². The molecule has 4 fully saturated rings. The molecule has 20 atom stereocenters. The largest absolute Gasteiger partial charge is 0.394 e. The summed E-state index contributed by atoms with van der Waals surface area (Å²) in [5.41, 5.74) is 0. The minimum atomic E-state index is -1.98. The first-order valence-electron chi connectivity index (χ1n) is 14.1. The minimum Gasteiger partial charge on any atom is -0.394 e. The zero-order chi connectivity index (χ0) is 33.3. The molecule has 0 spiro atoms. The van der Waals surface area contributed by atoms with Crippen LogP contribution < -0.4 is 0 Å². The fourth-order valence-electron chi connectivity index (χ4n) is 5.31. The van der Waals surface area contributed by atoms with Crippen LogP contribution in [0.3, 0.4) is 0 Å². The molecule has 4 aliphatic heterocycles. The van der Waals surface area contributed by atoms with Gasteiger partial charge in [0.2, 0.25) is 0 Å². The van der Waals surface area contributed by atoms with Crippen molar-refractivity contribution in [2.24, 2.45) is 0 Å². The number of hydrogen-bond acceptors (Lipinski definition) is 21. The van der Waals surface area contributed by atoms with Crippen molar-refractivity contribution in [1.82, 2.24) is 0 Å². The van der Waals surface area contributed by atoms with Gasteiger partial charge in [-0.05, 0) is 0 Å². The zero-order valence-corrected chi connectivity index (χ0v) is 23.5. The van der Waals surface area contributed by atoms with E-state index in [4.69, 9.17) is 33.2 Å². The van der Waals surface area contributed by atoms with Gasteiger partial charge in [-0.3, -0.25) is 0 Å². The first-order chi connectivity index (χ1) is 21.2. The molecule has 4 rings (SSSR count). The van der Waals surface area contributed by atoms with E-state index in [0.29, 0.717) is 0 Å². The minimum absolute atomic E-state index is 0.695. The first-order valence-corrected chi connectivity index (χ1v) is 14.1. The maximum Gasteiger partial charge on any atom is 0.187 e. The van der Waals surface area contributed by atoms with Crippen LogP contribution >= 0.6 is 0 Å². The molecule has 0 amide bonds. The van der Waals surface area contributed by atoms with Gasteiger partial charge < -0.3 is 105 Å². The molecule has 0 aliphatic carbocycles. The molecule has 21 heteroatoms. The lowest BCUT2D eigenvalue weighted by molar-refractivity contribution is -0.376. The quantitative estimate of drug-likeness (QED) is 0.103. The smallest absolute Gasteiger partial charge is 0.187 e. The van der Waals surface area contributed by atoms with Crippen molar-refractivity contribution in [1.29, 1.82) is 0 Å². The van der Waals surface area contributed by atoms with Crippen molar-refractivity contribution < 1.29 is 105 Å². The van der Waals surface area contributed by atoms with E-state index in [1.54, 1.807) is 0 Å². The lowest BCUT2D eigenvalue weighted by Gasteiger charge is -2.47. The summed E-state index contributed by atoms with van der Waals surface area (Å²) in [5, 5.41) is 141. The van der Waals surface area contributed by atoms with Crippen molar-refractivity contribution in [3.8, 4) is 0 Å². The standard InChI is InChI=1S/C24H42O21/c25-1-5-9(27)14(32)18(36)22(42-5)39-4-8-12(30)16(34)20(45-23-19(37)15(33)10(28)6(2-26)43-23)24(44-8)40-3-7-11(29)13(31)17(35)21(38)41-7/h5-38H,1-4H2/t5-,6-,7-,8-,9-,10-,11-,12-,13+,14+,15+,16+,17+,18+,19+,20+,21+,22+,23-,24+/m1/s1. The van der Waals surface area contributed by atoms with E-state index in [2.05, 4.69) is 0 Å². The molecule has 0 radical (unpaired) electrons. The molecule has 0 unspecified atom stereocenters. The Hall–Kier alpha value is -0.840. The van der Waals surface area contributed by atoms with Crippen LogP contribution in [0.1, 0.15) is 0 Å². The highest BCUT2D eigenvalue weighted by molar-refractivity contribution is 4.95. The van der Waals surface area contributed by atoms with Crippen LogP contribution in [0.25, 0.3) is 0 Å². The second-order valence-corrected chi connectivity index (χ2v) is 11.2. The van der Waals surface area contributed by atoms with E-state index in [-0.39, 0.29) is 0 Å². The van der Waals surface area contributed by atoms with E-state index in [9.17, 15) is 71.5 Å². The Morgan fingerprint density at radius 3 is 1.33 bits per heavy atom. The van der Waals surface area contributed by atoms with Gasteiger partial charge in [-0.15, -0.1) is 0 Å². The maximum absolute atomic E-state index is 11.0. The van der Waals surface area contributed by atoms with Gasteiger partial charge in [0.05, 0.1) is 26.4 Å². The average Bonchev–Trinajstić information content (AvgIpc) is 3.03. The predicted octanol–water partition coefficient (Wildman–Crippen LogP) is -9.75. The molecule has 14 N–H and O–H groups in total. The van der Waals surface area contributed by atoms with E-state index in [1.165, 1.54) is 0 Å². The summed E-state index contributed by atoms with van der Waals surface area (Å²) in [7, 11) is 0. The predicted molar refractivity (Wildman–Crippen MR) is 134 cm³/mol. The normalized spacial score (nSPS) is 52.9. The van der Waals surface area contributed by atoms with Crippen LogP contribution in [0.15, 0.2) is 0 Å². The molecule has 45 heavy (non-hydrogen) atoms. The molecular weight excluding hydrogens is 624 g/mol. The van der Waals surface area contributed by atoms with Crippen LogP contribution in [0.4, 0.5) is 0 Å². The second kappa shape index (κ2) is 15.6. The molecule has 4 aliphatic rings. The first kappa shape index (κ1) is 37.0. The topological polar surface area (TPSA) is 348 Å². The lowest BCUT2D eigenvalue weighted by Crippen LogP contribution is -2.65. The Morgan fingerprint density at radius 1 is 0.378 bits per heavy atom. The molecule has 4 saturated heterocycles. The van der Waals surface area contributed by atoms with E-state index in [0.717, 1.165) is 0 Å². The monoisotopic (exact) mass is 666 g/mol. The Bertz CT molecular complexity index is 912. The van der Waals surface area contributed by atoms with Crippen molar-refractivity contribution >= 4 is 0 Å². The van der Waals surface area contributed by atoms with Crippen LogP contribution in [-0.4, -0.2) is 221 Å². The summed E-state index contributed by atoms with van der Waals surface area (Å²) >= 11 is 0. The molecule has 0 saturated carbocycles. The molecule has 21 nitrogen and oxygen atoms in total. The van der Waals surface area contributed by atoms with Crippen molar-refractivity contribution in [2.45, 2.75) is 123 Å². The van der Waals surface area contributed by atoms with Gasteiger partial charge in [0.1, 0.15) is 97.7 Å². The average molecular weight is 667 g/mol. The second-order valence-electron chi connectivity index (χ2n) is 11.2. The molecule has 0 bridgehead atoms. The van der Waals surface area contributed by atoms with Crippen molar-refractivity contribution in [3.63, 3.8) is 0 Å². The fourth-order valence-corrected chi connectivity index (χ4v) is 5.31. The Kier molecular flexibility index (Phi) is 12.8. The maximum atomic E-state index is 11.0. The third kappa shape index (κ3) is 7.75. The molecule has 0 aromatic rings. The highest BCUT2D eigenvalue weighted by atomic mass is 16.8. The fraction of sp³-hybridized carbons (Fsp3) is 1.00. The van der Waals surface area contributed by atoms with Gasteiger partial charge in [0.15, 0.2) is 25.2 Å². The lowest BCUT2D eigenvalue weighted by atomic mass is 9.97. The highest BCUT2D eigenvalue weighted by Crippen LogP contribution is 2.31. The highest BCUT2D eigenvalue weighted by Gasteiger charge is 2.53. The third-order valence-electron chi connectivity index (χ3n) is 8.17. The molecule has 0 aromatic heterocycles. The van der Waals surface area contributed by atoms with Crippen molar-refractivity contribution in [2.75, 3.05) is 26.4 Å². The summed E-state index contributed by atoms with van der Waals surface area (Å²) in [6.07, 6.45) is -35.1. The number of hydrogen-bond donors (Lipinski definition) is 14. The molecule has 4 heterocycles. The number of aliphatic hydroxyl groups excluding tert-OH is 14. The van der Waals surface area contributed by atoms with Crippen LogP contribution in [0.2, 0.25) is 0 Å². The van der Waals surface area contributed by atoms with E-state index >= 15 is 0 Å².